The van der Waals surface area contributed by atoms with Crippen LogP contribution < -0.4 is 5.73 Å². The summed E-state index contributed by atoms with van der Waals surface area (Å²) in [6.07, 6.45) is 0. The van der Waals surface area contributed by atoms with Crippen molar-refractivity contribution in [3.05, 3.63) is 34.5 Å². The molecule has 14 heavy (non-hydrogen) atoms. The van der Waals surface area contributed by atoms with E-state index in [0.717, 1.165) is 16.2 Å². The molecule has 3 heteroatoms. The van der Waals surface area contributed by atoms with Gasteiger partial charge >= 0.3 is 0 Å². The van der Waals surface area contributed by atoms with E-state index in [1.165, 1.54) is 10.9 Å². The molecule has 0 amide bonds. The molecule has 2 N–H and O–H groups in total. The van der Waals surface area contributed by atoms with Gasteiger partial charge in [0.1, 0.15) is 5.15 Å². The fraction of sp³-hybridized carbons (Fsp3) is 0.273. The molecule has 1 heterocycles. The van der Waals surface area contributed by atoms with Gasteiger partial charge in [-0.15, -0.1) is 0 Å². The Balaban J connectivity index is 2.96. The summed E-state index contributed by atoms with van der Waals surface area (Å²) in [6.45, 7) is 2.57. The number of fused-ring (bicyclic) bond motifs is 1. The number of hydrogen-bond acceptors (Lipinski definition) is 1. The smallest absolute Gasteiger partial charge is 0.114 e. The largest absolute Gasteiger partial charge is 0.334 e. The Hall–Kier alpha value is -0.990. The van der Waals surface area contributed by atoms with Crippen LogP contribution in [0.25, 0.3) is 10.9 Å². The fourth-order valence-electron chi connectivity index (χ4n) is 1.92. The summed E-state index contributed by atoms with van der Waals surface area (Å²) >= 11 is 6.19. The molecule has 2 rings (SSSR count). The first kappa shape index (κ1) is 9.56. The van der Waals surface area contributed by atoms with E-state index in [1.807, 2.05) is 17.7 Å². The van der Waals surface area contributed by atoms with Crippen LogP contribution in [0.4, 0.5) is 0 Å². The van der Waals surface area contributed by atoms with Crippen molar-refractivity contribution in [2.24, 2.45) is 12.8 Å². The maximum Gasteiger partial charge on any atom is 0.114 e. The third-order valence-electron chi connectivity index (χ3n) is 2.66. The van der Waals surface area contributed by atoms with Crippen molar-refractivity contribution in [1.29, 1.82) is 0 Å². The average Bonchev–Trinajstić information content (AvgIpc) is 2.43. The van der Waals surface area contributed by atoms with Crippen molar-refractivity contribution in [3.8, 4) is 0 Å². The summed E-state index contributed by atoms with van der Waals surface area (Å²) in [5.74, 6) is 0. The van der Waals surface area contributed by atoms with E-state index in [1.54, 1.807) is 0 Å². The fourth-order valence-corrected chi connectivity index (χ4v) is 2.18. The third-order valence-corrected chi connectivity index (χ3v) is 3.14. The first-order chi connectivity index (χ1) is 6.66. The van der Waals surface area contributed by atoms with Gasteiger partial charge in [0.05, 0.1) is 0 Å². The summed E-state index contributed by atoms with van der Waals surface area (Å²) in [5.41, 5.74) is 9.12. The summed E-state index contributed by atoms with van der Waals surface area (Å²) in [7, 11) is 1.96. The van der Waals surface area contributed by atoms with Gasteiger partial charge < -0.3 is 10.3 Å². The minimum Gasteiger partial charge on any atom is -0.334 e. The maximum atomic E-state index is 6.19. The van der Waals surface area contributed by atoms with Crippen molar-refractivity contribution < 1.29 is 0 Å². The van der Waals surface area contributed by atoms with Gasteiger partial charge in [-0.3, -0.25) is 0 Å². The van der Waals surface area contributed by atoms with E-state index in [0.29, 0.717) is 6.54 Å². The first-order valence-corrected chi connectivity index (χ1v) is 4.97. The highest BCUT2D eigenvalue weighted by Gasteiger charge is 2.12. The topological polar surface area (TPSA) is 30.9 Å². The predicted molar refractivity (Wildman–Crippen MR) is 60.6 cm³/mol. The van der Waals surface area contributed by atoms with Crippen molar-refractivity contribution in [1.82, 2.24) is 4.57 Å². The second-order valence-electron chi connectivity index (χ2n) is 3.50. The van der Waals surface area contributed by atoms with Crippen molar-refractivity contribution in [3.63, 3.8) is 0 Å². The molecule has 0 aliphatic heterocycles. The zero-order chi connectivity index (χ0) is 10.3. The summed E-state index contributed by atoms with van der Waals surface area (Å²) in [5, 5.41) is 1.94. The van der Waals surface area contributed by atoms with Crippen LogP contribution in [0.3, 0.4) is 0 Å². The number of halogens is 1. The van der Waals surface area contributed by atoms with Crippen LogP contribution in [-0.4, -0.2) is 4.57 Å². The highest BCUT2D eigenvalue weighted by Crippen LogP contribution is 2.30. The first-order valence-electron chi connectivity index (χ1n) is 4.59. The zero-order valence-electron chi connectivity index (χ0n) is 8.34. The van der Waals surface area contributed by atoms with E-state index in [9.17, 15) is 0 Å². The van der Waals surface area contributed by atoms with Crippen LogP contribution in [-0.2, 0) is 13.6 Å². The average molecular weight is 209 g/mol. The molecule has 0 saturated carbocycles. The minimum absolute atomic E-state index is 0.487. The summed E-state index contributed by atoms with van der Waals surface area (Å²) in [4.78, 5) is 0. The number of benzene rings is 1. The number of aromatic nitrogens is 1. The molecule has 0 spiro atoms. The molecule has 0 saturated heterocycles. The summed E-state index contributed by atoms with van der Waals surface area (Å²) < 4.78 is 1.98. The van der Waals surface area contributed by atoms with Crippen LogP contribution in [0, 0.1) is 6.92 Å². The second kappa shape index (κ2) is 3.30. The molecule has 0 bridgehead atoms. The van der Waals surface area contributed by atoms with Crippen molar-refractivity contribution in [2.75, 3.05) is 0 Å². The molecule has 1 aromatic carbocycles. The molecule has 0 radical (unpaired) electrons. The molecule has 1 aromatic heterocycles. The van der Waals surface area contributed by atoms with Gasteiger partial charge in [0.15, 0.2) is 0 Å². The SMILES string of the molecule is Cc1cccc2c1c(CN)c(Cl)n2C. The molecule has 74 valence electrons. The number of nitrogens with two attached hydrogens (primary N) is 1. The minimum atomic E-state index is 0.487. The molecular weight excluding hydrogens is 196 g/mol. The number of rotatable bonds is 1. The lowest BCUT2D eigenvalue weighted by Crippen LogP contribution is -1.96. The number of nitrogens with zero attached hydrogens (tertiary/aromatic N) is 1. The Bertz CT molecular complexity index is 485. The normalized spacial score (nSPS) is 11.1. The number of aryl methyl sites for hydroxylation is 2. The molecule has 0 atom stereocenters. The Morgan fingerprint density at radius 2 is 2.14 bits per heavy atom. The van der Waals surface area contributed by atoms with Gasteiger partial charge in [-0.1, -0.05) is 23.7 Å². The van der Waals surface area contributed by atoms with Crippen LogP contribution in [0.15, 0.2) is 18.2 Å². The molecule has 0 fully saturated rings. The highest BCUT2D eigenvalue weighted by atomic mass is 35.5. The van der Waals surface area contributed by atoms with Gasteiger partial charge in [-0.2, -0.15) is 0 Å². The van der Waals surface area contributed by atoms with Gasteiger partial charge in [0, 0.05) is 30.1 Å². The maximum absolute atomic E-state index is 6.19. The third kappa shape index (κ3) is 1.15. The van der Waals surface area contributed by atoms with Crippen LogP contribution >= 0.6 is 11.6 Å². The quantitative estimate of drug-likeness (QED) is 0.768. The van der Waals surface area contributed by atoms with Gasteiger partial charge in [-0.05, 0) is 18.6 Å². The molecule has 0 aliphatic carbocycles. The van der Waals surface area contributed by atoms with E-state index in [-0.39, 0.29) is 0 Å². The Morgan fingerprint density at radius 1 is 1.43 bits per heavy atom. The highest BCUT2D eigenvalue weighted by molar-refractivity contribution is 6.32. The monoisotopic (exact) mass is 208 g/mol. The lowest BCUT2D eigenvalue weighted by molar-refractivity contribution is 0.950. The molecule has 0 unspecified atom stereocenters. The van der Waals surface area contributed by atoms with Crippen molar-refractivity contribution >= 4 is 22.5 Å². The summed E-state index contributed by atoms with van der Waals surface area (Å²) in [6, 6.07) is 6.18. The lowest BCUT2D eigenvalue weighted by Gasteiger charge is -1.98. The lowest BCUT2D eigenvalue weighted by atomic mass is 10.1. The van der Waals surface area contributed by atoms with E-state index >= 15 is 0 Å². The van der Waals surface area contributed by atoms with Crippen LogP contribution in [0.2, 0.25) is 5.15 Å². The molecule has 2 aromatic rings. The Morgan fingerprint density at radius 3 is 2.79 bits per heavy atom. The molecule has 0 aliphatic rings. The number of hydrogen-bond donors (Lipinski definition) is 1. The zero-order valence-corrected chi connectivity index (χ0v) is 9.10. The Kier molecular flexibility index (Phi) is 2.25. The standard InChI is InChI=1S/C11H13ClN2/c1-7-4-3-5-9-10(7)8(6-13)11(12)14(9)2/h3-5H,6,13H2,1-2H3. The van der Waals surface area contributed by atoms with Gasteiger partial charge in [0.25, 0.3) is 0 Å². The van der Waals surface area contributed by atoms with Crippen LogP contribution in [0.1, 0.15) is 11.1 Å². The van der Waals surface area contributed by atoms with Gasteiger partial charge in [0.2, 0.25) is 0 Å². The molecular formula is C11H13ClN2. The van der Waals surface area contributed by atoms with Crippen LogP contribution in [0.5, 0.6) is 0 Å². The van der Waals surface area contributed by atoms with Gasteiger partial charge in [-0.25, -0.2) is 0 Å². The molecule has 2 nitrogen and oxygen atoms in total. The van der Waals surface area contributed by atoms with E-state index in [4.69, 9.17) is 17.3 Å². The predicted octanol–water partition coefficient (Wildman–Crippen LogP) is 2.60. The Labute approximate surface area is 88.3 Å². The van der Waals surface area contributed by atoms with E-state index < -0.39 is 0 Å². The van der Waals surface area contributed by atoms with E-state index in [2.05, 4.69) is 19.1 Å². The van der Waals surface area contributed by atoms with Crippen molar-refractivity contribution in [2.45, 2.75) is 13.5 Å². The second-order valence-corrected chi connectivity index (χ2v) is 3.86.